The van der Waals surface area contributed by atoms with Crippen LogP contribution >= 0.6 is 23.1 Å². The highest BCUT2D eigenvalue weighted by Gasteiger charge is 2.20. The first kappa shape index (κ1) is 20.4. The van der Waals surface area contributed by atoms with E-state index in [0.717, 1.165) is 28.4 Å². The van der Waals surface area contributed by atoms with E-state index < -0.39 is 15.9 Å². The van der Waals surface area contributed by atoms with E-state index in [1.54, 1.807) is 30.0 Å². The third-order valence-electron chi connectivity index (χ3n) is 3.95. The van der Waals surface area contributed by atoms with Crippen molar-refractivity contribution in [3.8, 4) is 0 Å². The molecule has 0 radical (unpaired) electrons. The normalized spacial score (nSPS) is 11.3. The summed E-state index contributed by atoms with van der Waals surface area (Å²) in [5.41, 5.74) is 1.28. The van der Waals surface area contributed by atoms with Gasteiger partial charge in [0.2, 0.25) is 9.84 Å². The molecule has 0 unspecified atom stereocenters. The number of thiophene rings is 1. The number of benzene rings is 2. The molecule has 2 N–H and O–H groups in total. The summed E-state index contributed by atoms with van der Waals surface area (Å²) in [4.78, 5) is 12.5. The summed E-state index contributed by atoms with van der Waals surface area (Å²) >= 11 is 2.76. The Hall–Kier alpha value is -2.29. The van der Waals surface area contributed by atoms with Crippen LogP contribution in [0.2, 0.25) is 0 Å². The van der Waals surface area contributed by atoms with Crippen molar-refractivity contribution in [2.45, 2.75) is 27.0 Å². The Labute approximate surface area is 172 Å². The molecule has 2 aromatic carbocycles. The average Bonchev–Trinajstić information content (AvgIpc) is 3.18. The van der Waals surface area contributed by atoms with Gasteiger partial charge in [-0.1, -0.05) is 30.3 Å². The van der Waals surface area contributed by atoms with E-state index in [2.05, 4.69) is 17.4 Å². The zero-order valence-corrected chi connectivity index (χ0v) is 17.3. The van der Waals surface area contributed by atoms with Crippen LogP contribution in [0.3, 0.4) is 0 Å². The van der Waals surface area contributed by atoms with Crippen LogP contribution in [-0.4, -0.2) is 25.4 Å². The van der Waals surface area contributed by atoms with E-state index in [1.165, 1.54) is 11.6 Å². The van der Waals surface area contributed by atoms with Crippen molar-refractivity contribution >= 4 is 39.0 Å². The number of sulfone groups is 1. The van der Waals surface area contributed by atoms with Crippen molar-refractivity contribution in [2.24, 2.45) is 0 Å². The quantitative estimate of drug-likeness (QED) is 0.504. The summed E-state index contributed by atoms with van der Waals surface area (Å²) in [6.07, 6.45) is -0.188. The first-order chi connectivity index (χ1) is 13.4. The van der Waals surface area contributed by atoms with E-state index in [4.69, 9.17) is 5.11 Å². The molecule has 1 amide bonds. The Balaban J connectivity index is 1.62. The highest BCUT2D eigenvalue weighted by atomic mass is 32.2. The van der Waals surface area contributed by atoms with Crippen molar-refractivity contribution in [1.29, 1.82) is 0 Å². The second-order valence-electron chi connectivity index (χ2n) is 5.94. The highest BCUT2D eigenvalue weighted by molar-refractivity contribution is 7.99. The molecule has 146 valence electrons. The molecule has 5 nitrogen and oxygen atoms in total. The maximum Gasteiger partial charge on any atom is 0.404 e. The molecule has 0 aliphatic heterocycles. The minimum absolute atomic E-state index is 0.0898. The summed E-state index contributed by atoms with van der Waals surface area (Å²) in [6, 6.07) is 20.3. The fourth-order valence-corrected chi connectivity index (χ4v) is 6.12. The van der Waals surface area contributed by atoms with Gasteiger partial charge in [-0.15, -0.1) is 23.1 Å². The van der Waals surface area contributed by atoms with Crippen LogP contribution < -0.4 is 5.32 Å². The van der Waals surface area contributed by atoms with Gasteiger partial charge in [-0.05, 0) is 48.4 Å². The molecule has 0 bridgehead atoms. The van der Waals surface area contributed by atoms with E-state index >= 15 is 0 Å². The molecular formula is C20H19NO4S3. The van der Waals surface area contributed by atoms with Crippen molar-refractivity contribution in [1.82, 2.24) is 5.32 Å². The number of amides is 1. The third-order valence-corrected chi connectivity index (χ3v) is 8.31. The van der Waals surface area contributed by atoms with Gasteiger partial charge < -0.3 is 10.4 Å². The van der Waals surface area contributed by atoms with Crippen LogP contribution in [0, 0.1) is 0 Å². The summed E-state index contributed by atoms with van der Waals surface area (Å²) in [6.45, 7) is 0.0898. The number of carbonyl (C=O) groups is 1. The summed E-state index contributed by atoms with van der Waals surface area (Å²) in [5.74, 6) is 0.918. The van der Waals surface area contributed by atoms with Crippen molar-refractivity contribution in [3.63, 3.8) is 0 Å². The number of nitrogens with one attached hydrogen (secondary N) is 1. The van der Waals surface area contributed by atoms with E-state index in [0.29, 0.717) is 4.88 Å². The fourth-order valence-electron chi connectivity index (χ4n) is 2.52. The Morgan fingerprint density at radius 3 is 2.39 bits per heavy atom. The Morgan fingerprint density at radius 1 is 1.00 bits per heavy atom. The lowest BCUT2D eigenvalue weighted by Crippen LogP contribution is -2.19. The van der Waals surface area contributed by atoms with Gasteiger partial charge in [-0.2, -0.15) is 0 Å². The van der Waals surface area contributed by atoms with E-state index in [9.17, 15) is 13.2 Å². The molecule has 0 saturated carbocycles. The average molecular weight is 434 g/mol. The Morgan fingerprint density at radius 2 is 1.71 bits per heavy atom. The van der Waals surface area contributed by atoms with Crippen LogP contribution in [0.4, 0.5) is 4.79 Å². The SMILES string of the molecule is O=C(O)NCc1ccc(S(=O)(=O)c2ccc(SCCc3ccccc3)cc2)s1. The predicted molar refractivity (Wildman–Crippen MR) is 112 cm³/mol. The van der Waals surface area contributed by atoms with Gasteiger partial charge in [0.25, 0.3) is 0 Å². The van der Waals surface area contributed by atoms with Gasteiger partial charge in [0.1, 0.15) is 4.21 Å². The minimum atomic E-state index is -3.60. The highest BCUT2D eigenvalue weighted by Crippen LogP contribution is 2.29. The molecule has 0 atom stereocenters. The lowest BCUT2D eigenvalue weighted by atomic mass is 10.2. The van der Waals surface area contributed by atoms with Gasteiger partial charge in [-0.25, -0.2) is 13.2 Å². The van der Waals surface area contributed by atoms with Crippen molar-refractivity contribution in [3.05, 3.63) is 77.2 Å². The van der Waals surface area contributed by atoms with Crippen LogP contribution in [0.1, 0.15) is 10.4 Å². The van der Waals surface area contributed by atoms with Gasteiger partial charge in [0.15, 0.2) is 0 Å². The standard InChI is InChI=1S/C20H19NO4S3/c22-20(23)21-14-17-8-11-19(27-17)28(24,25)18-9-6-16(7-10-18)26-13-12-15-4-2-1-3-5-15/h1-11,21H,12-14H2,(H,22,23). The van der Waals surface area contributed by atoms with E-state index in [1.807, 2.05) is 30.3 Å². The fraction of sp³-hybridized carbons (Fsp3) is 0.150. The smallest absolute Gasteiger partial charge is 0.404 e. The second-order valence-corrected chi connectivity index (χ2v) is 10.5. The number of hydrogen-bond donors (Lipinski definition) is 2. The zero-order valence-electron chi connectivity index (χ0n) is 14.9. The molecule has 3 rings (SSSR count). The molecule has 1 heterocycles. The molecule has 0 saturated heterocycles. The molecule has 1 aromatic heterocycles. The summed E-state index contributed by atoms with van der Waals surface area (Å²) in [5, 5.41) is 10.9. The van der Waals surface area contributed by atoms with Crippen molar-refractivity contribution < 1.29 is 18.3 Å². The third kappa shape index (κ3) is 5.37. The molecule has 0 fully saturated rings. The maximum atomic E-state index is 12.8. The Kier molecular flexibility index (Phi) is 6.77. The molecule has 0 spiro atoms. The van der Waals surface area contributed by atoms with Gasteiger partial charge in [0.05, 0.1) is 11.4 Å². The number of hydrogen-bond acceptors (Lipinski definition) is 5. The zero-order chi connectivity index (χ0) is 20.0. The number of thioether (sulfide) groups is 1. The first-order valence-electron chi connectivity index (χ1n) is 8.52. The largest absolute Gasteiger partial charge is 0.465 e. The van der Waals surface area contributed by atoms with E-state index in [-0.39, 0.29) is 15.6 Å². The van der Waals surface area contributed by atoms with Gasteiger partial charge in [-0.3, -0.25) is 0 Å². The van der Waals surface area contributed by atoms with Gasteiger partial charge in [0, 0.05) is 15.5 Å². The number of rotatable bonds is 8. The van der Waals surface area contributed by atoms with Gasteiger partial charge >= 0.3 is 6.09 Å². The molecule has 0 aliphatic rings. The topological polar surface area (TPSA) is 83.5 Å². The van der Waals surface area contributed by atoms with Crippen LogP contribution in [0.25, 0.3) is 0 Å². The minimum Gasteiger partial charge on any atom is -0.465 e. The predicted octanol–water partition coefficient (Wildman–Crippen LogP) is 4.68. The number of aryl methyl sites for hydroxylation is 1. The van der Waals surface area contributed by atoms with Crippen LogP contribution in [-0.2, 0) is 22.8 Å². The molecule has 0 aliphatic carbocycles. The second kappa shape index (κ2) is 9.27. The summed E-state index contributed by atoms with van der Waals surface area (Å²) < 4.78 is 25.7. The maximum absolute atomic E-state index is 12.8. The lowest BCUT2D eigenvalue weighted by molar-refractivity contribution is 0.194. The van der Waals surface area contributed by atoms with Crippen molar-refractivity contribution in [2.75, 3.05) is 5.75 Å². The first-order valence-corrected chi connectivity index (χ1v) is 11.8. The van der Waals surface area contributed by atoms with Crippen LogP contribution in [0.5, 0.6) is 0 Å². The Bertz CT molecular complexity index is 1030. The summed E-state index contributed by atoms with van der Waals surface area (Å²) in [7, 11) is -3.60. The van der Waals surface area contributed by atoms with Crippen LogP contribution in [0.15, 0.2) is 80.7 Å². The molecule has 28 heavy (non-hydrogen) atoms. The molecule has 8 heteroatoms. The number of carboxylic acid groups (broad SMARTS) is 1. The molecule has 3 aromatic rings. The molecular weight excluding hydrogens is 414 g/mol. The monoisotopic (exact) mass is 433 g/mol. The lowest BCUT2D eigenvalue weighted by Gasteiger charge is -2.05.